The number of rotatable bonds is 8. The molecule has 0 bridgehead atoms. The second kappa shape index (κ2) is 10.5. The summed E-state index contributed by atoms with van der Waals surface area (Å²) in [5, 5.41) is 19.3. The fraction of sp³-hybridized carbons (Fsp3) is 0.368. The van der Waals surface area contributed by atoms with E-state index in [4.69, 9.17) is 16.3 Å². The van der Waals surface area contributed by atoms with Gasteiger partial charge < -0.3 is 26.7 Å². The first-order chi connectivity index (χ1) is 11.9. The summed E-state index contributed by atoms with van der Waals surface area (Å²) in [6.45, 7) is 4.05. The van der Waals surface area contributed by atoms with Gasteiger partial charge in [0, 0.05) is 5.02 Å². The highest BCUT2D eigenvalue weighted by Crippen LogP contribution is 2.27. The van der Waals surface area contributed by atoms with Gasteiger partial charge in [-0.25, -0.2) is 0 Å². The molecule has 7 heteroatoms. The van der Waals surface area contributed by atoms with Crippen molar-refractivity contribution in [3.05, 3.63) is 53.1 Å². The Balaban J connectivity index is 0.00000338. The van der Waals surface area contributed by atoms with Crippen LogP contribution in [-0.4, -0.2) is 37.0 Å². The molecule has 0 fully saturated rings. The summed E-state index contributed by atoms with van der Waals surface area (Å²) in [7, 11) is 4.13. The molecule has 0 radical (unpaired) electrons. The molecule has 0 saturated carbocycles. The Hall–Kier alpha value is -1.66. The number of phenols is 1. The molecule has 1 N–H and O–H groups in total. The van der Waals surface area contributed by atoms with Gasteiger partial charge in [0.2, 0.25) is 0 Å². The fourth-order valence-corrected chi connectivity index (χ4v) is 2.47. The Morgan fingerprint density at radius 1 is 1.04 bits per heavy atom. The van der Waals surface area contributed by atoms with Crippen molar-refractivity contribution in [2.45, 2.75) is 19.9 Å². The minimum absolute atomic E-state index is 0. The van der Waals surface area contributed by atoms with Crippen LogP contribution in [0.2, 0.25) is 5.02 Å². The lowest BCUT2D eigenvalue weighted by Crippen LogP contribution is -3.00. The van der Waals surface area contributed by atoms with Crippen molar-refractivity contribution in [1.82, 2.24) is 0 Å². The zero-order valence-electron chi connectivity index (χ0n) is 15.3. The minimum atomic E-state index is 0. The van der Waals surface area contributed by atoms with Gasteiger partial charge in [0.25, 0.3) is 0 Å². The van der Waals surface area contributed by atoms with Crippen molar-refractivity contribution < 1.29 is 26.7 Å². The number of halogens is 2. The van der Waals surface area contributed by atoms with Gasteiger partial charge in [-0.05, 0) is 48.9 Å². The van der Waals surface area contributed by atoms with Crippen molar-refractivity contribution in [1.29, 1.82) is 0 Å². The molecule has 0 amide bonds. The number of quaternary nitrogens is 1. The van der Waals surface area contributed by atoms with Gasteiger partial charge in [-0.3, -0.25) is 0 Å². The van der Waals surface area contributed by atoms with Gasteiger partial charge in [0.15, 0.2) is 6.73 Å². The second-order valence-corrected chi connectivity index (χ2v) is 7.06. The molecule has 0 atom stereocenters. The summed E-state index contributed by atoms with van der Waals surface area (Å²) in [5.41, 5.74) is 2.23. The van der Waals surface area contributed by atoms with Crippen LogP contribution in [0.4, 0.5) is 11.4 Å². The maximum absolute atomic E-state index is 10.1. The van der Waals surface area contributed by atoms with Gasteiger partial charge in [-0.1, -0.05) is 18.5 Å². The molecule has 0 spiro atoms. The summed E-state index contributed by atoms with van der Waals surface area (Å²) in [4.78, 5) is 0. The Kier molecular flexibility index (Phi) is 9.02. The molecular weight excluding hydrogens is 373 g/mol. The molecule has 0 aliphatic carbocycles. The highest BCUT2D eigenvalue weighted by molar-refractivity contribution is 6.30. The number of benzene rings is 2. The SMILES string of the molecule is CCCOC[N+](C)(C)Cc1cc(N=Nc2ccc(Cl)cc2)ccc1O.[Cl-]. The van der Waals surface area contributed by atoms with Crippen LogP contribution in [0.15, 0.2) is 52.7 Å². The number of hydrogen-bond donors (Lipinski definition) is 1. The molecule has 0 aromatic heterocycles. The Bertz CT molecular complexity index is 719. The third-order valence-electron chi connectivity index (χ3n) is 3.56. The van der Waals surface area contributed by atoms with Crippen molar-refractivity contribution in [2.24, 2.45) is 10.2 Å². The monoisotopic (exact) mass is 397 g/mol. The Labute approximate surface area is 166 Å². The smallest absolute Gasteiger partial charge is 0.182 e. The highest BCUT2D eigenvalue weighted by Gasteiger charge is 2.18. The first-order valence-electron chi connectivity index (χ1n) is 8.28. The predicted molar refractivity (Wildman–Crippen MR) is 101 cm³/mol. The quantitative estimate of drug-likeness (QED) is 0.321. The maximum Gasteiger partial charge on any atom is 0.182 e. The first kappa shape index (κ1) is 22.4. The van der Waals surface area contributed by atoms with Crippen LogP contribution in [-0.2, 0) is 11.3 Å². The molecule has 0 aliphatic rings. The molecular formula is C19H25Cl2N3O2. The molecule has 2 aromatic rings. The molecule has 2 rings (SSSR count). The third-order valence-corrected chi connectivity index (χ3v) is 3.81. The zero-order valence-corrected chi connectivity index (χ0v) is 16.8. The molecule has 0 heterocycles. The maximum atomic E-state index is 10.1. The molecule has 0 aliphatic heterocycles. The van der Waals surface area contributed by atoms with Crippen LogP contribution in [0.25, 0.3) is 0 Å². The number of aromatic hydroxyl groups is 1. The summed E-state index contributed by atoms with van der Waals surface area (Å²) in [6.07, 6.45) is 0.992. The number of hydrogen-bond acceptors (Lipinski definition) is 4. The third kappa shape index (κ3) is 7.30. The van der Waals surface area contributed by atoms with Gasteiger partial charge in [-0.2, -0.15) is 10.2 Å². The lowest BCUT2D eigenvalue weighted by atomic mass is 10.1. The predicted octanol–water partition coefficient (Wildman–Crippen LogP) is 2.43. The van der Waals surface area contributed by atoms with E-state index in [9.17, 15) is 5.11 Å². The number of ether oxygens (including phenoxy) is 1. The van der Waals surface area contributed by atoms with Crippen molar-refractivity contribution in [2.75, 3.05) is 27.4 Å². The molecule has 5 nitrogen and oxygen atoms in total. The first-order valence-corrected chi connectivity index (χ1v) is 8.66. The second-order valence-electron chi connectivity index (χ2n) is 6.62. The van der Waals surface area contributed by atoms with E-state index >= 15 is 0 Å². The van der Waals surface area contributed by atoms with Crippen LogP contribution < -0.4 is 12.4 Å². The van der Waals surface area contributed by atoms with Crippen molar-refractivity contribution in [3.63, 3.8) is 0 Å². The summed E-state index contributed by atoms with van der Waals surface area (Å²) in [6, 6.07) is 12.4. The van der Waals surface area contributed by atoms with Crippen molar-refractivity contribution >= 4 is 23.0 Å². The number of nitrogens with zero attached hydrogens (tertiary/aromatic N) is 3. The van der Waals surface area contributed by atoms with Crippen LogP contribution in [0.1, 0.15) is 18.9 Å². The van der Waals surface area contributed by atoms with E-state index in [0.29, 0.717) is 28.5 Å². The molecule has 2 aromatic carbocycles. The summed E-state index contributed by atoms with van der Waals surface area (Å²) >= 11 is 5.86. The lowest BCUT2D eigenvalue weighted by molar-refractivity contribution is -0.922. The van der Waals surface area contributed by atoms with Crippen LogP contribution >= 0.6 is 11.6 Å². The topological polar surface area (TPSA) is 54.2 Å². The van der Waals surface area contributed by atoms with Crippen molar-refractivity contribution in [3.8, 4) is 5.75 Å². The lowest BCUT2D eigenvalue weighted by Gasteiger charge is -2.29. The molecule has 142 valence electrons. The van der Waals surface area contributed by atoms with Crippen LogP contribution in [0, 0.1) is 0 Å². The van der Waals surface area contributed by atoms with Crippen LogP contribution in [0.3, 0.4) is 0 Å². The number of phenolic OH excluding ortho intramolecular Hbond substituents is 1. The van der Waals surface area contributed by atoms with E-state index in [-0.39, 0.29) is 18.2 Å². The summed E-state index contributed by atoms with van der Waals surface area (Å²) in [5.74, 6) is 0.257. The standard InChI is InChI=1S/C19H24ClN3O2.ClH/c1-4-11-25-14-23(2,3)13-15-12-18(9-10-19(15)24)22-21-17-7-5-16(20)6-8-17;/h5-10,12H,4,11,13-14H2,1-3H3;1H. The van der Waals surface area contributed by atoms with Gasteiger partial charge >= 0.3 is 0 Å². The van der Waals surface area contributed by atoms with E-state index in [0.717, 1.165) is 24.3 Å². The van der Waals surface area contributed by atoms with Gasteiger partial charge in [0.05, 0.1) is 37.6 Å². The molecule has 26 heavy (non-hydrogen) atoms. The average molecular weight is 398 g/mol. The van der Waals surface area contributed by atoms with Crippen LogP contribution in [0.5, 0.6) is 5.75 Å². The van der Waals surface area contributed by atoms with Gasteiger partial charge in [0.1, 0.15) is 12.3 Å². The Morgan fingerprint density at radius 2 is 1.65 bits per heavy atom. The van der Waals surface area contributed by atoms with E-state index in [2.05, 4.69) is 31.2 Å². The largest absolute Gasteiger partial charge is 1.00 e. The Morgan fingerprint density at radius 3 is 2.31 bits per heavy atom. The average Bonchev–Trinajstić information content (AvgIpc) is 2.57. The van der Waals surface area contributed by atoms with E-state index in [1.165, 1.54) is 0 Å². The molecule has 0 unspecified atom stereocenters. The normalized spacial score (nSPS) is 11.5. The minimum Gasteiger partial charge on any atom is -1.00 e. The highest BCUT2D eigenvalue weighted by atomic mass is 35.5. The molecule has 0 saturated heterocycles. The zero-order chi connectivity index (χ0) is 18.3. The van der Waals surface area contributed by atoms with Gasteiger partial charge in [-0.15, -0.1) is 0 Å². The fourth-order valence-electron chi connectivity index (χ4n) is 2.35. The number of azo groups is 1. The van der Waals surface area contributed by atoms with E-state index < -0.39 is 0 Å². The van der Waals surface area contributed by atoms with E-state index in [1.54, 1.807) is 36.4 Å². The van der Waals surface area contributed by atoms with E-state index in [1.807, 2.05) is 6.07 Å². The summed E-state index contributed by atoms with van der Waals surface area (Å²) < 4.78 is 6.26.